The molecule has 0 aliphatic carbocycles. The van der Waals surface area contributed by atoms with Crippen molar-refractivity contribution >= 4 is 21.7 Å². The molecular weight excluding hydrogens is 299 g/mol. The van der Waals surface area contributed by atoms with Crippen LogP contribution in [0.25, 0.3) is 0 Å². The minimum absolute atomic E-state index is 0.106. The first-order valence-electron chi connectivity index (χ1n) is 5.33. The van der Waals surface area contributed by atoms with E-state index in [-0.39, 0.29) is 18.0 Å². The molecule has 92 valence electrons. The van der Waals surface area contributed by atoms with E-state index < -0.39 is 0 Å². The van der Waals surface area contributed by atoms with Gasteiger partial charge in [-0.15, -0.1) is 0 Å². The smallest absolute Gasteiger partial charge is 0.185 e. The monoisotopic (exact) mass is 308 g/mol. The third-order valence-corrected chi connectivity index (χ3v) is 3.33. The number of aryl methyl sites for hydroxylation is 1. The molecule has 0 bridgehead atoms. The highest BCUT2D eigenvalue weighted by atomic mass is 79.9. The van der Waals surface area contributed by atoms with Gasteiger partial charge in [0.05, 0.1) is 4.47 Å². The molecule has 18 heavy (non-hydrogen) atoms. The van der Waals surface area contributed by atoms with Gasteiger partial charge in [-0.2, -0.15) is 0 Å². The van der Waals surface area contributed by atoms with Crippen LogP contribution in [0.15, 0.2) is 34.9 Å². The Morgan fingerprint density at radius 3 is 2.89 bits per heavy atom. The lowest BCUT2D eigenvalue weighted by Gasteiger charge is -2.04. The van der Waals surface area contributed by atoms with E-state index in [0.29, 0.717) is 21.6 Å². The first-order valence-corrected chi connectivity index (χ1v) is 6.13. The standard InChI is InChI=1S/C13H10BrFN2O/c1-8-16-6-5-11(17-8)12(18)7-9-3-2-4-10(15)13(9)14/h2-6H,7H2,1H3. The van der Waals surface area contributed by atoms with Gasteiger partial charge in [-0.25, -0.2) is 14.4 Å². The summed E-state index contributed by atoms with van der Waals surface area (Å²) in [6.45, 7) is 1.72. The Balaban J connectivity index is 2.24. The SMILES string of the molecule is Cc1nccc(C(=O)Cc2cccc(F)c2Br)n1. The predicted octanol–water partition coefficient (Wildman–Crippen LogP) is 3.11. The van der Waals surface area contributed by atoms with E-state index >= 15 is 0 Å². The Bertz CT molecular complexity index is 601. The third-order valence-electron chi connectivity index (χ3n) is 2.44. The number of Topliss-reactive ketones (excluding diaryl/α,β-unsaturated/α-hetero) is 1. The Morgan fingerprint density at radius 2 is 2.17 bits per heavy atom. The third kappa shape index (κ3) is 2.79. The van der Waals surface area contributed by atoms with Gasteiger partial charge in [-0.1, -0.05) is 12.1 Å². The van der Waals surface area contributed by atoms with E-state index in [1.54, 1.807) is 25.1 Å². The molecule has 0 spiro atoms. The predicted molar refractivity (Wildman–Crippen MR) is 68.9 cm³/mol. The molecule has 0 radical (unpaired) electrons. The molecule has 0 amide bonds. The van der Waals surface area contributed by atoms with E-state index in [2.05, 4.69) is 25.9 Å². The molecule has 1 heterocycles. The summed E-state index contributed by atoms with van der Waals surface area (Å²) in [6, 6.07) is 6.18. The number of nitrogens with zero attached hydrogens (tertiary/aromatic N) is 2. The lowest BCUT2D eigenvalue weighted by molar-refractivity contribution is 0.0987. The fourth-order valence-corrected chi connectivity index (χ4v) is 1.96. The molecule has 2 rings (SSSR count). The number of hydrogen-bond acceptors (Lipinski definition) is 3. The molecule has 2 aromatic rings. The second-order valence-electron chi connectivity index (χ2n) is 3.80. The van der Waals surface area contributed by atoms with Gasteiger partial charge in [0.1, 0.15) is 17.3 Å². The summed E-state index contributed by atoms with van der Waals surface area (Å²) in [4.78, 5) is 20.0. The molecule has 0 unspecified atom stereocenters. The zero-order valence-electron chi connectivity index (χ0n) is 9.65. The van der Waals surface area contributed by atoms with Crippen LogP contribution in [-0.2, 0) is 6.42 Å². The molecule has 0 atom stereocenters. The van der Waals surface area contributed by atoms with E-state index in [4.69, 9.17) is 0 Å². The molecule has 0 aliphatic rings. The molecule has 0 aliphatic heterocycles. The number of ketones is 1. The Labute approximate surface area is 112 Å². The van der Waals surface area contributed by atoms with Crippen molar-refractivity contribution in [1.82, 2.24) is 9.97 Å². The Kier molecular flexibility index (Phi) is 3.81. The van der Waals surface area contributed by atoms with E-state index in [9.17, 15) is 9.18 Å². The number of benzene rings is 1. The summed E-state index contributed by atoms with van der Waals surface area (Å²) >= 11 is 3.14. The number of carbonyl (C=O) groups excluding carboxylic acids is 1. The highest BCUT2D eigenvalue weighted by molar-refractivity contribution is 9.10. The topological polar surface area (TPSA) is 42.9 Å². The van der Waals surface area contributed by atoms with Crippen LogP contribution in [0.2, 0.25) is 0 Å². The summed E-state index contributed by atoms with van der Waals surface area (Å²) < 4.78 is 13.6. The zero-order valence-corrected chi connectivity index (χ0v) is 11.2. The van der Waals surface area contributed by atoms with E-state index in [1.807, 2.05) is 0 Å². The van der Waals surface area contributed by atoms with Crippen LogP contribution in [0.3, 0.4) is 0 Å². The minimum Gasteiger partial charge on any atom is -0.292 e. The Morgan fingerprint density at radius 1 is 1.39 bits per heavy atom. The molecule has 0 N–H and O–H groups in total. The van der Waals surface area contributed by atoms with Crippen LogP contribution in [0, 0.1) is 12.7 Å². The van der Waals surface area contributed by atoms with Crippen molar-refractivity contribution < 1.29 is 9.18 Å². The van der Waals surface area contributed by atoms with Crippen LogP contribution in [0.5, 0.6) is 0 Å². The van der Waals surface area contributed by atoms with Gasteiger partial charge >= 0.3 is 0 Å². The van der Waals surface area contributed by atoms with E-state index in [0.717, 1.165) is 0 Å². The number of halogens is 2. The summed E-state index contributed by atoms with van der Waals surface area (Å²) in [5.41, 5.74) is 0.954. The second-order valence-corrected chi connectivity index (χ2v) is 4.59. The quantitative estimate of drug-likeness (QED) is 0.818. The molecule has 0 saturated heterocycles. The number of rotatable bonds is 3. The lowest BCUT2D eigenvalue weighted by Crippen LogP contribution is -2.08. The largest absolute Gasteiger partial charge is 0.292 e. The second kappa shape index (κ2) is 5.35. The number of carbonyl (C=O) groups is 1. The van der Waals surface area contributed by atoms with Crippen LogP contribution in [-0.4, -0.2) is 15.8 Å². The minimum atomic E-state index is -0.376. The molecular formula is C13H10BrFN2O. The van der Waals surface area contributed by atoms with Crippen LogP contribution in [0.4, 0.5) is 4.39 Å². The highest BCUT2D eigenvalue weighted by Gasteiger charge is 2.12. The normalized spacial score (nSPS) is 10.4. The average molecular weight is 309 g/mol. The van der Waals surface area contributed by atoms with Crippen LogP contribution < -0.4 is 0 Å². The maximum absolute atomic E-state index is 13.3. The number of hydrogen-bond donors (Lipinski definition) is 0. The van der Waals surface area contributed by atoms with Gasteiger partial charge in [0, 0.05) is 12.6 Å². The lowest BCUT2D eigenvalue weighted by atomic mass is 10.1. The Hall–Kier alpha value is -1.62. The van der Waals surface area contributed by atoms with Gasteiger partial charge in [0.15, 0.2) is 5.78 Å². The van der Waals surface area contributed by atoms with E-state index in [1.165, 1.54) is 12.3 Å². The van der Waals surface area contributed by atoms with Crippen molar-refractivity contribution in [3.05, 3.63) is 57.8 Å². The first-order chi connectivity index (χ1) is 8.58. The van der Waals surface area contributed by atoms with Gasteiger partial charge in [-0.05, 0) is 40.5 Å². The van der Waals surface area contributed by atoms with Crippen LogP contribution >= 0.6 is 15.9 Å². The first kappa shape index (κ1) is 12.8. The van der Waals surface area contributed by atoms with Gasteiger partial charge in [0.2, 0.25) is 0 Å². The fourth-order valence-electron chi connectivity index (χ4n) is 1.56. The maximum atomic E-state index is 13.3. The van der Waals surface area contributed by atoms with Gasteiger partial charge < -0.3 is 0 Å². The summed E-state index contributed by atoms with van der Waals surface area (Å²) in [5, 5.41) is 0. The van der Waals surface area contributed by atoms with Gasteiger partial charge in [0.25, 0.3) is 0 Å². The maximum Gasteiger partial charge on any atom is 0.185 e. The van der Waals surface area contributed by atoms with Gasteiger partial charge in [-0.3, -0.25) is 4.79 Å². The van der Waals surface area contributed by atoms with Crippen molar-refractivity contribution in [2.75, 3.05) is 0 Å². The molecule has 0 fully saturated rings. The molecule has 0 saturated carbocycles. The molecule has 3 nitrogen and oxygen atoms in total. The molecule has 5 heteroatoms. The summed E-state index contributed by atoms with van der Waals surface area (Å²) in [7, 11) is 0. The summed E-state index contributed by atoms with van der Waals surface area (Å²) in [6.07, 6.45) is 1.64. The molecule has 1 aromatic carbocycles. The van der Waals surface area contributed by atoms with Crippen molar-refractivity contribution in [2.45, 2.75) is 13.3 Å². The van der Waals surface area contributed by atoms with Crippen molar-refractivity contribution in [2.24, 2.45) is 0 Å². The fraction of sp³-hybridized carbons (Fsp3) is 0.154. The highest BCUT2D eigenvalue weighted by Crippen LogP contribution is 2.21. The van der Waals surface area contributed by atoms with Crippen molar-refractivity contribution in [3.8, 4) is 0 Å². The number of aromatic nitrogens is 2. The van der Waals surface area contributed by atoms with Crippen molar-refractivity contribution in [3.63, 3.8) is 0 Å². The molecule has 1 aromatic heterocycles. The zero-order chi connectivity index (χ0) is 13.1. The van der Waals surface area contributed by atoms with Crippen LogP contribution in [0.1, 0.15) is 21.9 Å². The average Bonchev–Trinajstić information content (AvgIpc) is 2.35. The summed E-state index contributed by atoms with van der Waals surface area (Å²) in [5.74, 6) is 0.00475. The van der Waals surface area contributed by atoms with Crippen molar-refractivity contribution in [1.29, 1.82) is 0 Å².